The van der Waals surface area contributed by atoms with Gasteiger partial charge < -0.3 is 15.2 Å². The standard InChI is InChI=1S/C23H27ClN4O2/c1-6-22(29)26-19-7-8-20(24)21(11-19)27-23(30)18(12-25)10-17-9-15(4)28(16(17)5)13-14(2)3/h7-11,14H,6,13H2,1-5H3,(H,26,29)(H,27,30)/b18-10-. The second-order valence-electron chi connectivity index (χ2n) is 7.55. The molecule has 0 fully saturated rings. The maximum Gasteiger partial charge on any atom is 0.266 e. The van der Waals surface area contributed by atoms with Crippen molar-refractivity contribution in [1.29, 1.82) is 5.26 Å². The summed E-state index contributed by atoms with van der Waals surface area (Å²) < 4.78 is 2.18. The van der Waals surface area contributed by atoms with Crippen LogP contribution in [0.15, 0.2) is 29.8 Å². The van der Waals surface area contributed by atoms with Crippen LogP contribution in [0.4, 0.5) is 11.4 Å². The number of nitriles is 1. The number of benzene rings is 1. The van der Waals surface area contributed by atoms with E-state index in [1.807, 2.05) is 26.0 Å². The van der Waals surface area contributed by atoms with Crippen LogP contribution >= 0.6 is 11.6 Å². The Morgan fingerprint density at radius 2 is 1.93 bits per heavy atom. The quantitative estimate of drug-likeness (QED) is 0.464. The van der Waals surface area contributed by atoms with Gasteiger partial charge in [-0.25, -0.2) is 0 Å². The van der Waals surface area contributed by atoms with Gasteiger partial charge in [0.25, 0.3) is 5.91 Å². The topological polar surface area (TPSA) is 86.9 Å². The molecular weight excluding hydrogens is 400 g/mol. The lowest BCUT2D eigenvalue weighted by molar-refractivity contribution is -0.116. The lowest BCUT2D eigenvalue weighted by Gasteiger charge is -2.12. The summed E-state index contributed by atoms with van der Waals surface area (Å²) in [4.78, 5) is 24.3. The van der Waals surface area contributed by atoms with Crippen LogP contribution in [0.3, 0.4) is 0 Å². The SMILES string of the molecule is CCC(=O)Nc1ccc(Cl)c(NC(=O)/C(C#N)=C\c2cc(C)n(CC(C)C)c2C)c1. The van der Waals surface area contributed by atoms with Crippen molar-refractivity contribution in [2.45, 2.75) is 47.6 Å². The fraction of sp³-hybridized carbons (Fsp3) is 0.348. The van der Waals surface area contributed by atoms with Crippen molar-refractivity contribution in [3.8, 4) is 6.07 Å². The zero-order valence-corrected chi connectivity index (χ0v) is 18.7. The number of hydrogen-bond donors (Lipinski definition) is 2. The van der Waals surface area contributed by atoms with E-state index in [-0.39, 0.29) is 11.5 Å². The zero-order chi connectivity index (χ0) is 22.4. The summed E-state index contributed by atoms with van der Waals surface area (Å²) in [6.45, 7) is 10.9. The van der Waals surface area contributed by atoms with Crippen LogP contribution in [0, 0.1) is 31.1 Å². The summed E-state index contributed by atoms with van der Waals surface area (Å²) in [6.07, 6.45) is 1.92. The van der Waals surface area contributed by atoms with Gasteiger partial charge in [-0.3, -0.25) is 9.59 Å². The summed E-state index contributed by atoms with van der Waals surface area (Å²) in [5, 5.41) is 15.2. The van der Waals surface area contributed by atoms with Gasteiger partial charge in [0, 0.05) is 30.0 Å². The van der Waals surface area contributed by atoms with E-state index in [1.54, 1.807) is 31.2 Å². The molecule has 0 spiro atoms. The summed E-state index contributed by atoms with van der Waals surface area (Å²) in [5.74, 6) is -0.232. The van der Waals surface area contributed by atoms with Crippen LogP contribution in [-0.4, -0.2) is 16.4 Å². The highest BCUT2D eigenvalue weighted by molar-refractivity contribution is 6.34. The van der Waals surface area contributed by atoms with Gasteiger partial charge in [-0.05, 0) is 55.7 Å². The van der Waals surface area contributed by atoms with Crippen molar-refractivity contribution in [2.75, 3.05) is 10.6 Å². The first-order valence-electron chi connectivity index (χ1n) is 9.85. The lowest BCUT2D eigenvalue weighted by atomic mass is 10.1. The van der Waals surface area contributed by atoms with Crippen LogP contribution in [-0.2, 0) is 16.1 Å². The summed E-state index contributed by atoms with van der Waals surface area (Å²) >= 11 is 6.18. The van der Waals surface area contributed by atoms with E-state index in [9.17, 15) is 14.9 Å². The number of carbonyl (C=O) groups is 2. The molecule has 0 aliphatic heterocycles. The van der Waals surface area contributed by atoms with Gasteiger partial charge in [-0.15, -0.1) is 0 Å². The molecule has 1 aromatic carbocycles. The molecule has 0 aliphatic rings. The van der Waals surface area contributed by atoms with Gasteiger partial charge in [0.1, 0.15) is 11.6 Å². The molecule has 6 nitrogen and oxygen atoms in total. The van der Waals surface area contributed by atoms with Crippen LogP contribution in [0.5, 0.6) is 0 Å². The Morgan fingerprint density at radius 3 is 2.53 bits per heavy atom. The third-order valence-corrected chi connectivity index (χ3v) is 4.97. The number of aromatic nitrogens is 1. The highest BCUT2D eigenvalue weighted by atomic mass is 35.5. The minimum absolute atomic E-state index is 0.0288. The number of anilines is 2. The molecule has 1 heterocycles. The number of rotatable bonds is 7. The number of carbonyl (C=O) groups excluding carboxylic acids is 2. The highest BCUT2D eigenvalue weighted by Crippen LogP contribution is 2.27. The Labute approximate surface area is 182 Å². The van der Waals surface area contributed by atoms with Crippen LogP contribution in [0.2, 0.25) is 5.02 Å². The van der Waals surface area contributed by atoms with Crippen molar-refractivity contribution in [2.24, 2.45) is 5.92 Å². The second kappa shape index (κ2) is 10.1. The van der Waals surface area contributed by atoms with E-state index < -0.39 is 5.91 Å². The van der Waals surface area contributed by atoms with E-state index in [1.165, 1.54) is 0 Å². The molecule has 7 heteroatoms. The maximum atomic E-state index is 12.7. The molecule has 0 saturated heterocycles. The Hall–Kier alpha value is -3.04. The molecule has 0 saturated carbocycles. The second-order valence-corrected chi connectivity index (χ2v) is 7.96. The number of aryl methyl sites for hydroxylation is 1. The van der Waals surface area contributed by atoms with Crippen LogP contribution in [0.1, 0.15) is 44.1 Å². The van der Waals surface area contributed by atoms with Crippen molar-refractivity contribution in [3.63, 3.8) is 0 Å². The molecule has 0 unspecified atom stereocenters. The van der Waals surface area contributed by atoms with E-state index in [2.05, 4.69) is 29.0 Å². The predicted molar refractivity (Wildman–Crippen MR) is 121 cm³/mol. The molecule has 2 aromatic rings. The molecule has 2 N–H and O–H groups in total. The molecule has 2 amide bonds. The highest BCUT2D eigenvalue weighted by Gasteiger charge is 2.15. The first kappa shape index (κ1) is 23.2. The van der Waals surface area contributed by atoms with E-state index in [0.29, 0.717) is 28.7 Å². The first-order chi connectivity index (χ1) is 14.2. The molecule has 0 atom stereocenters. The normalized spacial score (nSPS) is 11.3. The molecule has 30 heavy (non-hydrogen) atoms. The number of amides is 2. The average Bonchev–Trinajstić information content (AvgIpc) is 2.95. The molecule has 1 aromatic heterocycles. The van der Waals surface area contributed by atoms with E-state index >= 15 is 0 Å². The van der Waals surface area contributed by atoms with Crippen molar-refractivity contribution < 1.29 is 9.59 Å². The van der Waals surface area contributed by atoms with Crippen LogP contribution < -0.4 is 10.6 Å². The number of hydrogen-bond acceptors (Lipinski definition) is 3. The molecule has 0 bridgehead atoms. The van der Waals surface area contributed by atoms with Crippen LogP contribution in [0.25, 0.3) is 6.08 Å². The summed E-state index contributed by atoms with van der Waals surface area (Å²) in [5.41, 5.74) is 3.72. The zero-order valence-electron chi connectivity index (χ0n) is 18.0. The molecule has 158 valence electrons. The number of nitrogens with one attached hydrogen (secondary N) is 2. The van der Waals surface area contributed by atoms with Gasteiger partial charge in [0.15, 0.2) is 0 Å². The Balaban J connectivity index is 2.29. The minimum atomic E-state index is -0.563. The fourth-order valence-electron chi connectivity index (χ4n) is 3.06. The Kier molecular flexibility index (Phi) is 7.85. The van der Waals surface area contributed by atoms with Gasteiger partial charge in [0.05, 0.1) is 10.7 Å². The lowest BCUT2D eigenvalue weighted by Crippen LogP contribution is -2.15. The van der Waals surface area contributed by atoms with Gasteiger partial charge in [-0.2, -0.15) is 5.26 Å². The molecular formula is C23H27ClN4O2. The van der Waals surface area contributed by atoms with Crippen molar-refractivity contribution >= 4 is 40.9 Å². The minimum Gasteiger partial charge on any atom is -0.348 e. The van der Waals surface area contributed by atoms with Gasteiger partial charge in [-0.1, -0.05) is 32.4 Å². The Bertz CT molecular complexity index is 1030. The summed E-state index contributed by atoms with van der Waals surface area (Å²) in [6, 6.07) is 8.73. The fourth-order valence-corrected chi connectivity index (χ4v) is 3.23. The third kappa shape index (κ3) is 5.74. The van der Waals surface area contributed by atoms with E-state index in [0.717, 1.165) is 23.5 Å². The summed E-state index contributed by atoms with van der Waals surface area (Å²) in [7, 11) is 0. The Morgan fingerprint density at radius 1 is 1.23 bits per heavy atom. The average molecular weight is 427 g/mol. The van der Waals surface area contributed by atoms with Gasteiger partial charge >= 0.3 is 0 Å². The molecule has 0 radical (unpaired) electrons. The largest absolute Gasteiger partial charge is 0.348 e. The monoisotopic (exact) mass is 426 g/mol. The van der Waals surface area contributed by atoms with Gasteiger partial charge in [0.2, 0.25) is 5.91 Å². The number of nitrogens with zero attached hydrogens (tertiary/aromatic N) is 2. The van der Waals surface area contributed by atoms with Crippen molar-refractivity contribution in [1.82, 2.24) is 4.57 Å². The maximum absolute atomic E-state index is 12.7. The van der Waals surface area contributed by atoms with E-state index in [4.69, 9.17) is 11.6 Å². The number of halogens is 1. The smallest absolute Gasteiger partial charge is 0.266 e. The van der Waals surface area contributed by atoms with Crippen molar-refractivity contribution in [3.05, 3.63) is 51.8 Å². The predicted octanol–water partition coefficient (Wildman–Crippen LogP) is 5.31. The third-order valence-electron chi connectivity index (χ3n) is 4.64. The molecule has 0 aliphatic carbocycles. The molecule has 2 rings (SSSR count). The first-order valence-corrected chi connectivity index (χ1v) is 10.2.